The van der Waals surface area contributed by atoms with Crippen LogP contribution >= 0.6 is 0 Å². The van der Waals surface area contributed by atoms with Crippen LogP contribution < -0.4 is 10.2 Å². The number of anilines is 2. The molecule has 2 fully saturated rings. The minimum atomic E-state index is -0.427. The Morgan fingerprint density at radius 2 is 1.68 bits per heavy atom. The summed E-state index contributed by atoms with van der Waals surface area (Å²) < 4.78 is 0. The smallest absolute Gasteiger partial charge is 0.249 e. The molecule has 0 aromatic heterocycles. The van der Waals surface area contributed by atoms with Crippen LogP contribution in [0.25, 0.3) is 0 Å². The molecule has 5 heteroatoms. The number of nitrogens with one attached hydrogen (secondary N) is 1. The third-order valence-corrected chi connectivity index (χ3v) is 5.59. The molecule has 0 aliphatic carbocycles. The van der Waals surface area contributed by atoms with Crippen LogP contribution in [0.15, 0.2) is 54.6 Å². The number of rotatable bonds is 5. The molecule has 2 aliphatic rings. The van der Waals surface area contributed by atoms with Crippen LogP contribution in [-0.2, 0) is 9.59 Å². The van der Waals surface area contributed by atoms with Crippen LogP contribution in [0.1, 0.15) is 43.7 Å². The van der Waals surface area contributed by atoms with Crippen LogP contribution in [0.2, 0.25) is 0 Å². The van der Waals surface area contributed by atoms with Gasteiger partial charge in [-0.3, -0.25) is 9.59 Å². The van der Waals surface area contributed by atoms with Crippen molar-refractivity contribution in [1.29, 1.82) is 0 Å². The first kappa shape index (κ1) is 18.5. The summed E-state index contributed by atoms with van der Waals surface area (Å²) in [5.74, 6) is 0.287. The fourth-order valence-corrected chi connectivity index (χ4v) is 4.08. The standard InChI is InChI=1S/C23H27N3O2/c27-21-13-8-16-26(21)20-12-7-11-19(17-20)24-22(18-9-3-1-4-10-18)23(28)25-14-5-2-6-15-25/h1,3-4,7,9-12,17,22,24H,2,5-6,8,13-16H2. The van der Waals surface area contributed by atoms with E-state index >= 15 is 0 Å². The van der Waals surface area contributed by atoms with Gasteiger partial charge in [0.2, 0.25) is 11.8 Å². The molecule has 28 heavy (non-hydrogen) atoms. The van der Waals surface area contributed by atoms with Crippen LogP contribution in [0.5, 0.6) is 0 Å². The highest BCUT2D eigenvalue weighted by Crippen LogP contribution is 2.28. The number of amides is 2. The minimum Gasteiger partial charge on any atom is -0.370 e. The van der Waals surface area contributed by atoms with E-state index in [1.165, 1.54) is 6.42 Å². The first-order valence-electron chi connectivity index (χ1n) is 10.2. The Hall–Kier alpha value is -2.82. The summed E-state index contributed by atoms with van der Waals surface area (Å²) >= 11 is 0. The second kappa shape index (κ2) is 8.46. The van der Waals surface area contributed by atoms with E-state index in [0.717, 1.165) is 55.8 Å². The lowest BCUT2D eigenvalue weighted by Gasteiger charge is -2.31. The van der Waals surface area contributed by atoms with Crippen molar-refractivity contribution in [2.45, 2.75) is 38.1 Å². The summed E-state index contributed by atoms with van der Waals surface area (Å²) in [4.78, 5) is 29.2. The monoisotopic (exact) mass is 377 g/mol. The Bertz CT molecular complexity index is 831. The van der Waals surface area contributed by atoms with Gasteiger partial charge >= 0.3 is 0 Å². The van der Waals surface area contributed by atoms with E-state index in [-0.39, 0.29) is 11.8 Å². The normalized spacial score (nSPS) is 18.2. The molecule has 0 radical (unpaired) electrons. The quantitative estimate of drug-likeness (QED) is 0.857. The van der Waals surface area contributed by atoms with Gasteiger partial charge in [0.1, 0.15) is 6.04 Å². The van der Waals surface area contributed by atoms with Gasteiger partial charge in [-0.2, -0.15) is 0 Å². The molecule has 0 spiro atoms. The van der Waals surface area contributed by atoms with E-state index in [0.29, 0.717) is 6.42 Å². The zero-order valence-electron chi connectivity index (χ0n) is 16.1. The summed E-state index contributed by atoms with van der Waals surface area (Å²) in [5, 5.41) is 3.44. The van der Waals surface area contributed by atoms with E-state index in [1.807, 2.05) is 64.4 Å². The second-order valence-corrected chi connectivity index (χ2v) is 7.57. The predicted molar refractivity (Wildman–Crippen MR) is 111 cm³/mol. The largest absolute Gasteiger partial charge is 0.370 e. The van der Waals surface area contributed by atoms with E-state index in [2.05, 4.69) is 5.32 Å². The first-order chi connectivity index (χ1) is 13.7. The van der Waals surface area contributed by atoms with Gasteiger partial charge in [-0.1, -0.05) is 36.4 Å². The SMILES string of the molecule is O=C(C(Nc1cccc(N2CCCC2=O)c1)c1ccccc1)N1CCCCC1. The van der Waals surface area contributed by atoms with Crippen molar-refractivity contribution in [3.8, 4) is 0 Å². The molecule has 2 aromatic rings. The number of carbonyl (C=O) groups is 2. The molecule has 2 aliphatic heterocycles. The number of carbonyl (C=O) groups excluding carboxylic acids is 2. The molecule has 146 valence electrons. The fraction of sp³-hybridized carbons (Fsp3) is 0.391. The molecule has 2 aromatic carbocycles. The van der Waals surface area contributed by atoms with Gasteiger partial charge < -0.3 is 15.1 Å². The number of likely N-dealkylation sites (tertiary alicyclic amines) is 1. The summed E-state index contributed by atoms with van der Waals surface area (Å²) in [5.41, 5.74) is 2.71. The number of benzene rings is 2. The Morgan fingerprint density at radius 1 is 0.893 bits per heavy atom. The van der Waals surface area contributed by atoms with Crippen LogP contribution in [-0.4, -0.2) is 36.3 Å². The Labute approximate surface area is 166 Å². The number of nitrogens with zero attached hydrogens (tertiary/aromatic N) is 2. The molecular formula is C23H27N3O2. The number of hydrogen-bond acceptors (Lipinski definition) is 3. The van der Waals surface area contributed by atoms with Crippen LogP contribution in [0, 0.1) is 0 Å². The van der Waals surface area contributed by atoms with Crippen molar-refractivity contribution in [2.24, 2.45) is 0 Å². The minimum absolute atomic E-state index is 0.119. The lowest BCUT2D eigenvalue weighted by molar-refractivity contribution is -0.133. The molecule has 2 amide bonds. The Kier molecular flexibility index (Phi) is 5.60. The molecule has 1 N–H and O–H groups in total. The van der Waals surface area contributed by atoms with E-state index in [4.69, 9.17) is 0 Å². The van der Waals surface area contributed by atoms with Gasteiger partial charge in [0, 0.05) is 37.4 Å². The van der Waals surface area contributed by atoms with Crippen molar-refractivity contribution < 1.29 is 9.59 Å². The average molecular weight is 377 g/mol. The number of hydrogen-bond donors (Lipinski definition) is 1. The third-order valence-electron chi connectivity index (χ3n) is 5.59. The molecule has 4 rings (SSSR count). The second-order valence-electron chi connectivity index (χ2n) is 7.57. The van der Waals surface area contributed by atoms with Gasteiger partial charge in [0.15, 0.2) is 0 Å². The summed E-state index contributed by atoms with van der Waals surface area (Å²) in [6.45, 7) is 2.41. The maximum atomic E-state index is 13.3. The van der Waals surface area contributed by atoms with Crippen molar-refractivity contribution in [1.82, 2.24) is 4.90 Å². The van der Waals surface area contributed by atoms with E-state index in [1.54, 1.807) is 0 Å². The lowest BCUT2D eigenvalue weighted by atomic mass is 10.0. The zero-order valence-corrected chi connectivity index (χ0v) is 16.1. The third kappa shape index (κ3) is 4.03. The van der Waals surface area contributed by atoms with E-state index < -0.39 is 6.04 Å². The highest BCUT2D eigenvalue weighted by molar-refractivity contribution is 5.96. The molecule has 5 nitrogen and oxygen atoms in total. The predicted octanol–water partition coefficient (Wildman–Crippen LogP) is 3.98. The van der Waals surface area contributed by atoms with Gasteiger partial charge in [0.25, 0.3) is 0 Å². The zero-order chi connectivity index (χ0) is 19.3. The highest BCUT2D eigenvalue weighted by atomic mass is 16.2. The maximum Gasteiger partial charge on any atom is 0.249 e. The fourth-order valence-electron chi connectivity index (χ4n) is 4.08. The molecule has 0 bridgehead atoms. The van der Waals surface area contributed by atoms with Gasteiger partial charge in [-0.05, 0) is 49.4 Å². The summed E-state index contributed by atoms with van der Waals surface area (Å²) in [7, 11) is 0. The molecule has 2 heterocycles. The summed E-state index contributed by atoms with van der Waals surface area (Å²) in [6.07, 6.45) is 4.84. The maximum absolute atomic E-state index is 13.3. The van der Waals surface area contributed by atoms with Crippen LogP contribution in [0.3, 0.4) is 0 Å². The highest BCUT2D eigenvalue weighted by Gasteiger charge is 2.27. The molecule has 2 saturated heterocycles. The topological polar surface area (TPSA) is 52.7 Å². The van der Waals surface area contributed by atoms with Gasteiger partial charge in [0.05, 0.1) is 0 Å². The Balaban J connectivity index is 1.59. The average Bonchev–Trinajstić information content (AvgIpc) is 3.19. The number of piperidine rings is 1. The van der Waals surface area contributed by atoms with Gasteiger partial charge in [-0.15, -0.1) is 0 Å². The van der Waals surface area contributed by atoms with Crippen molar-refractivity contribution in [3.05, 3.63) is 60.2 Å². The van der Waals surface area contributed by atoms with E-state index in [9.17, 15) is 9.59 Å². The molecule has 1 unspecified atom stereocenters. The van der Waals surface area contributed by atoms with Crippen LogP contribution in [0.4, 0.5) is 11.4 Å². The molecule has 0 saturated carbocycles. The first-order valence-corrected chi connectivity index (χ1v) is 10.2. The lowest BCUT2D eigenvalue weighted by Crippen LogP contribution is -2.41. The Morgan fingerprint density at radius 3 is 2.39 bits per heavy atom. The summed E-state index contributed by atoms with van der Waals surface area (Å²) in [6, 6.07) is 17.3. The molecule has 1 atom stereocenters. The van der Waals surface area contributed by atoms with Gasteiger partial charge in [-0.25, -0.2) is 0 Å². The van der Waals surface area contributed by atoms with Crippen molar-refractivity contribution in [2.75, 3.05) is 29.9 Å². The molecular weight excluding hydrogens is 350 g/mol. The van der Waals surface area contributed by atoms with Crippen molar-refractivity contribution in [3.63, 3.8) is 0 Å². The van der Waals surface area contributed by atoms with Crippen molar-refractivity contribution >= 4 is 23.2 Å².